The monoisotopic (exact) mass is 426 g/mol. The van der Waals surface area contributed by atoms with Crippen LogP contribution in [0.4, 0.5) is 0 Å². The van der Waals surface area contributed by atoms with Gasteiger partial charge in [0.15, 0.2) is 0 Å². The topological polar surface area (TPSA) is 98.1 Å². The quantitative estimate of drug-likeness (QED) is 0.468. The number of amides is 1. The molecule has 1 aliphatic heterocycles. The summed E-state index contributed by atoms with van der Waals surface area (Å²) in [6.45, 7) is 7.98. The first-order valence-electron chi connectivity index (χ1n) is 9.92. The maximum absolute atomic E-state index is 12.7. The van der Waals surface area contributed by atoms with Crippen LogP contribution in [-0.2, 0) is 11.3 Å². The lowest BCUT2D eigenvalue weighted by molar-refractivity contribution is -0.130. The van der Waals surface area contributed by atoms with Gasteiger partial charge in [0.05, 0.1) is 11.4 Å². The van der Waals surface area contributed by atoms with Gasteiger partial charge in [-0.15, -0.1) is 10.2 Å². The molecule has 1 amide bonds. The molecule has 1 aliphatic rings. The number of nitrogen functional groups attached to an aromatic ring is 1. The summed E-state index contributed by atoms with van der Waals surface area (Å²) in [7, 11) is 0. The van der Waals surface area contributed by atoms with Crippen molar-refractivity contribution < 1.29 is 4.79 Å². The summed E-state index contributed by atoms with van der Waals surface area (Å²) < 4.78 is 3.04. The molecule has 0 radical (unpaired) electrons. The predicted molar refractivity (Wildman–Crippen MR) is 116 cm³/mol. The van der Waals surface area contributed by atoms with Gasteiger partial charge in [0.2, 0.25) is 11.1 Å². The molecular weight excluding hydrogens is 400 g/mol. The number of aryl methyl sites for hydroxylation is 2. The van der Waals surface area contributed by atoms with E-state index in [-0.39, 0.29) is 11.7 Å². The Kier molecular flexibility index (Phi) is 6.05. The molecule has 0 unspecified atom stereocenters. The third kappa shape index (κ3) is 4.49. The van der Waals surface area contributed by atoms with E-state index in [2.05, 4.69) is 44.5 Å². The van der Waals surface area contributed by atoms with Gasteiger partial charge in [-0.25, -0.2) is 9.36 Å². The Labute approximate surface area is 179 Å². The van der Waals surface area contributed by atoms with Crippen LogP contribution in [0.3, 0.4) is 0 Å². The number of hydrogen-bond acceptors (Lipinski definition) is 7. The summed E-state index contributed by atoms with van der Waals surface area (Å²) in [5, 5.41) is 13.1. The number of nitrogens with zero attached hydrogens (tertiary/aromatic N) is 7. The summed E-state index contributed by atoms with van der Waals surface area (Å²) in [6, 6.07) is 12.4. The average Bonchev–Trinajstić information content (AvgIpc) is 3.28. The first kappa shape index (κ1) is 20.4. The smallest absolute Gasteiger partial charge is 0.271 e. The summed E-state index contributed by atoms with van der Waals surface area (Å²) in [4.78, 5) is 16.9. The molecule has 158 valence electrons. The number of carbonyl (C=O) groups excluding carboxylic acids is 1. The van der Waals surface area contributed by atoms with Gasteiger partial charge in [-0.2, -0.15) is 5.10 Å². The predicted octanol–water partition coefficient (Wildman–Crippen LogP) is 1.23. The van der Waals surface area contributed by atoms with Crippen LogP contribution < -0.4 is 5.84 Å². The zero-order valence-corrected chi connectivity index (χ0v) is 18.0. The molecule has 4 rings (SSSR count). The van der Waals surface area contributed by atoms with Gasteiger partial charge in [-0.1, -0.05) is 42.1 Å². The zero-order chi connectivity index (χ0) is 21.1. The molecular formula is C20H26N8OS. The van der Waals surface area contributed by atoms with E-state index in [1.54, 1.807) is 4.68 Å². The minimum absolute atomic E-state index is 0.0926. The first-order valence-corrected chi connectivity index (χ1v) is 10.9. The Morgan fingerprint density at radius 2 is 1.83 bits per heavy atom. The van der Waals surface area contributed by atoms with Crippen molar-refractivity contribution in [2.24, 2.45) is 0 Å². The largest absolute Gasteiger partial charge is 0.339 e. The van der Waals surface area contributed by atoms with E-state index >= 15 is 0 Å². The lowest BCUT2D eigenvalue weighted by Crippen LogP contribution is -2.48. The van der Waals surface area contributed by atoms with Crippen molar-refractivity contribution in [1.29, 1.82) is 0 Å². The van der Waals surface area contributed by atoms with E-state index in [1.165, 1.54) is 22.0 Å². The number of aromatic nitrogens is 5. The number of hydrogen-bond donors (Lipinski definition) is 1. The van der Waals surface area contributed by atoms with Crippen LogP contribution in [0.5, 0.6) is 0 Å². The fraction of sp³-hybridized carbons (Fsp3) is 0.400. The molecule has 0 aliphatic carbocycles. The second-order valence-corrected chi connectivity index (χ2v) is 8.37. The van der Waals surface area contributed by atoms with Gasteiger partial charge >= 0.3 is 0 Å². The highest BCUT2D eigenvalue weighted by atomic mass is 32.2. The number of thioether (sulfide) groups is 1. The molecule has 2 aromatic heterocycles. The number of rotatable bonds is 6. The second-order valence-electron chi connectivity index (χ2n) is 7.42. The molecule has 10 heteroatoms. The number of carbonyl (C=O) groups is 1. The maximum atomic E-state index is 12.7. The summed E-state index contributed by atoms with van der Waals surface area (Å²) in [5.74, 6) is 6.96. The lowest BCUT2D eigenvalue weighted by atomic mass is 10.2. The standard InChI is InChI=1S/C20H26N8OS/c1-15-12-16(2)28(24-15)19-22-23-20(27(19)21)30-14-18(29)26-10-8-25(9-11-26)13-17-6-4-3-5-7-17/h3-7,12H,8-11,13-14,21H2,1-2H3. The van der Waals surface area contributed by atoms with Crippen molar-refractivity contribution in [3.63, 3.8) is 0 Å². The van der Waals surface area contributed by atoms with Crippen LogP contribution >= 0.6 is 11.8 Å². The summed E-state index contributed by atoms with van der Waals surface area (Å²) in [6.07, 6.45) is 0. The molecule has 9 nitrogen and oxygen atoms in total. The Morgan fingerprint density at radius 1 is 1.10 bits per heavy atom. The van der Waals surface area contributed by atoms with Crippen molar-refractivity contribution in [3.05, 3.63) is 53.3 Å². The summed E-state index contributed by atoms with van der Waals surface area (Å²) in [5.41, 5.74) is 3.10. The van der Waals surface area contributed by atoms with E-state index in [1.807, 2.05) is 30.9 Å². The Balaban J connectivity index is 1.29. The average molecular weight is 427 g/mol. The van der Waals surface area contributed by atoms with Gasteiger partial charge in [0.1, 0.15) is 0 Å². The zero-order valence-electron chi connectivity index (χ0n) is 17.2. The van der Waals surface area contributed by atoms with Gasteiger partial charge in [0.25, 0.3) is 5.95 Å². The molecule has 3 aromatic rings. The molecule has 3 heterocycles. The number of nitrogens with two attached hydrogens (primary N) is 1. The third-order valence-corrected chi connectivity index (χ3v) is 6.07. The normalized spacial score (nSPS) is 14.9. The van der Waals surface area contributed by atoms with Crippen LogP contribution in [-0.4, -0.2) is 72.3 Å². The highest BCUT2D eigenvalue weighted by Crippen LogP contribution is 2.18. The Hall–Kier alpha value is -2.85. The van der Waals surface area contributed by atoms with Crippen molar-refractivity contribution in [1.82, 2.24) is 34.5 Å². The van der Waals surface area contributed by atoms with Crippen LogP contribution in [0, 0.1) is 13.8 Å². The minimum Gasteiger partial charge on any atom is -0.339 e. The van der Waals surface area contributed by atoms with Gasteiger partial charge < -0.3 is 10.7 Å². The molecule has 1 aromatic carbocycles. The second kappa shape index (κ2) is 8.88. The molecule has 1 saturated heterocycles. The Bertz CT molecular complexity index is 1010. The molecule has 30 heavy (non-hydrogen) atoms. The van der Waals surface area contributed by atoms with E-state index in [9.17, 15) is 4.79 Å². The van der Waals surface area contributed by atoms with Gasteiger partial charge in [-0.05, 0) is 25.5 Å². The molecule has 0 spiro atoms. The van der Waals surface area contributed by atoms with Crippen LogP contribution in [0.1, 0.15) is 17.0 Å². The van der Waals surface area contributed by atoms with Crippen LogP contribution in [0.25, 0.3) is 5.95 Å². The van der Waals surface area contributed by atoms with E-state index < -0.39 is 0 Å². The van der Waals surface area contributed by atoms with Crippen LogP contribution in [0.15, 0.2) is 41.6 Å². The van der Waals surface area contributed by atoms with Crippen molar-refractivity contribution in [3.8, 4) is 5.95 Å². The first-order chi connectivity index (χ1) is 14.5. The molecule has 0 atom stereocenters. The molecule has 0 saturated carbocycles. The van der Waals surface area contributed by atoms with E-state index in [0.29, 0.717) is 11.1 Å². The lowest BCUT2D eigenvalue weighted by Gasteiger charge is -2.34. The van der Waals surface area contributed by atoms with E-state index in [4.69, 9.17) is 5.84 Å². The fourth-order valence-electron chi connectivity index (χ4n) is 3.56. The van der Waals surface area contributed by atoms with Crippen molar-refractivity contribution >= 4 is 17.7 Å². The van der Waals surface area contributed by atoms with Gasteiger partial charge in [0, 0.05) is 38.4 Å². The maximum Gasteiger partial charge on any atom is 0.271 e. The Morgan fingerprint density at radius 3 is 2.50 bits per heavy atom. The molecule has 2 N–H and O–H groups in total. The van der Waals surface area contributed by atoms with Gasteiger partial charge in [-0.3, -0.25) is 9.69 Å². The summed E-state index contributed by atoms with van der Waals surface area (Å²) >= 11 is 1.30. The fourth-order valence-corrected chi connectivity index (χ4v) is 4.31. The number of piperazine rings is 1. The van der Waals surface area contributed by atoms with Crippen molar-refractivity contribution in [2.75, 3.05) is 37.8 Å². The third-order valence-electron chi connectivity index (χ3n) is 5.14. The highest BCUT2D eigenvalue weighted by molar-refractivity contribution is 7.99. The SMILES string of the molecule is Cc1cc(C)n(-c2nnc(SCC(=O)N3CCN(Cc4ccccc4)CC3)n2N)n1. The van der Waals surface area contributed by atoms with E-state index in [0.717, 1.165) is 44.1 Å². The minimum atomic E-state index is 0.0926. The molecule has 0 bridgehead atoms. The van der Waals surface area contributed by atoms with Crippen molar-refractivity contribution in [2.45, 2.75) is 25.5 Å². The molecule has 1 fully saturated rings. The number of benzene rings is 1. The van der Waals surface area contributed by atoms with Crippen LogP contribution in [0.2, 0.25) is 0 Å². The highest BCUT2D eigenvalue weighted by Gasteiger charge is 2.22.